The molecule has 220 valence electrons. The maximum Gasteiger partial charge on any atom is 0.326 e. The normalized spacial score (nSPS) is 12.7. The van der Waals surface area contributed by atoms with E-state index in [1.54, 1.807) is 28.2 Å². The number of rotatable bonds is 16. The topological polar surface area (TPSA) is 232 Å². The summed E-state index contributed by atoms with van der Waals surface area (Å²) in [5, 5.41) is 34.7. The predicted molar refractivity (Wildman–Crippen MR) is 147 cm³/mol. The van der Waals surface area contributed by atoms with E-state index in [1.165, 1.54) is 0 Å². The lowest BCUT2D eigenvalue weighted by Gasteiger charge is -2.15. The van der Waals surface area contributed by atoms with E-state index in [2.05, 4.69) is 41.9 Å². The van der Waals surface area contributed by atoms with E-state index in [-0.39, 0.29) is 24.8 Å². The van der Waals surface area contributed by atoms with Gasteiger partial charge < -0.3 is 47.8 Å². The highest BCUT2D eigenvalue weighted by Gasteiger charge is 2.19. The fourth-order valence-corrected chi connectivity index (χ4v) is 2.99. The maximum absolute atomic E-state index is 11.4. The Hall–Kier alpha value is -3.62. The zero-order chi connectivity index (χ0) is 29.3. The molecule has 0 aliphatic rings. The largest absolute Gasteiger partial charge is 0.480 e. The van der Waals surface area contributed by atoms with Crippen molar-refractivity contribution in [3.63, 3.8) is 0 Å². The molecule has 2 amide bonds. The van der Waals surface area contributed by atoms with E-state index in [0.717, 1.165) is 0 Å². The lowest BCUT2D eigenvalue weighted by atomic mass is 10.1. The van der Waals surface area contributed by atoms with Crippen molar-refractivity contribution in [2.75, 3.05) is 47.8 Å². The Morgan fingerprint density at radius 3 is 1.45 bits per heavy atom. The number of hydrogen-bond donors (Lipinski definition) is 9. The van der Waals surface area contributed by atoms with Crippen LogP contribution in [-0.2, 0) is 19.2 Å². The van der Waals surface area contributed by atoms with Crippen LogP contribution < -0.4 is 37.6 Å². The minimum absolute atomic E-state index is 0.133. The molecule has 0 heterocycles. The molecule has 0 saturated heterocycles. The van der Waals surface area contributed by atoms with Crippen LogP contribution in [0.3, 0.4) is 0 Å². The van der Waals surface area contributed by atoms with E-state index in [0.29, 0.717) is 63.5 Å². The first kappa shape index (κ1) is 36.5. The van der Waals surface area contributed by atoms with E-state index >= 15 is 0 Å². The van der Waals surface area contributed by atoms with Crippen LogP contribution in [0.4, 0.5) is 0 Å². The number of aliphatic imine (C=N–C) groups is 2. The van der Waals surface area contributed by atoms with Crippen molar-refractivity contribution in [3.05, 3.63) is 0 Å². The summed E-state index contributed by atoms with van der Waals surface area (Å²) in [5.41, 5.74) is 5.23. The molecule has 0 saturated carbocycles. The first-order chi connectivity index (χ1) is 18.1. The van der Waals surface area contributed by atoms with Gasteiger partial charge in [0.2, 0.25) is 11.8 Å². The minimum Gasteiger partial charge on any atom is -0.480 e. The van der Waals surface area contributed by atoms with Crippen LogP contribution in [-0.4, -0.2) is 106 Å². The van der Waals surface area contributed by atoms with Gasteiger partial charge in [-0.25, -0.2) is 9.59 Å². The van der Waals surface area contributed by atoms with Gasteiger partial charge in [-0.05, 0) is 32.1 Å². The predicted octanol–water partition coefficient (Wildman–Crippen LogP) is -1.59. The summed E-state index contributed by atoms with van der Waals surface area (Å²) in [6.45, 7) is 3.26. The highest BCUT2D eigenvalue weighted by atomic mass is 16.4. The minimum atomic E-state index is -1.04. The SMILES string of the molecule is CCCC(=O)N[C@@H](CCCNC(=NC)NC)C(=O)O.CN=C(NC)NCCC[C@H](NC(=O)CCN)C(=O)O. The summed E-state index contributed by atoms with van der Waals surface area (Å²) in [4.78, 5) is 52.5. The van der Waals surface area contributed by atoms with Crippen molar-refractivity contribution in [1.29, 1.82) is 0 Å². The first-order valence-electron chi connectivity index (χ1n) is 12.6. The van der Waals surface area contributed by atoms with Crippen LogP contribution in [0.5, 0.6) is 0 Å². The average molecular weight is 546 g/mol. The number of guanidine groups is 2. The number of nitrogens with one attached hydrogen (secondary N) is 6. The molecule has 0 radical (unpaired) electrons. The molecular weight excluding hydrogens is 498 g/mol. The van der Waals surface area contributed by atoms with Gasteiger partial charge in [-0.3, -0.25) is 19.6 Å². The third kappa shape index (κ3) is 19.6. The number of carboxylic acid groups (broad SMARTS) is 2. The third-order valence-corrected chi connectivity index (χ3v) is 4.96. The Bertz CT molecular complexity index is 700. The van der Waals surface area contributed by atoms with Gasteiger partial charge in [-0.15, -0.1) is 0 Å². The molecule has 15 nitrogen and oxygen atoms in total. The Morgan fingerprint density at radius 2 is 1.16 bits per heavy atom. The van der Waals surface area contributed by atoms with Crippen LogP contribution in [0, 0.1) is 0 Å². The van der Waals surface area contributed by atoms with Gasteiger partial charge in [-0.2, -0.15) is 0 Å². The molecular formula is C23H47N9O6. The molecule has 0 aliphatic carbocycles. The number of hydrogen-bond acceptors (Lipinski definition) is 7. The molecule has 0 spiro atoms. The number of carboxylic acids is 2. The van der Waals surface area contributed by atoms with Gasteiger partial charge in [0.05, 0.1) is 0 Å². The van der Waals surface area contributed by atoms with Crippen molar-refractivity contribution in [3.8, 4) is 0 Å². The summed E-state index contributed by atoms with van der Waals surface area (Å²) in [6.07, 6.45) is 3.16. The summed E-state index contributed by atoms with van der Waals surface area (Å²) < 4.78 is 0. The average Bonchev–Trinajstić information content (AvgIpc) is 2.88. The zero-order valence-electron chi connectivity index (χ0n) is 23.2. The monoisotopic (exact) mass is 545 g/mol. The Morgan fingerprint density at radius 1 is 0.763 bits per heavy atom. The van der Waals surface area contributed by atoms with Gasteiger partial charge in [0.1, 0.15) is 12.1 Å². The van der Waals surface area contributed by atoms with E-state index in [4.69, 9.17) is 15.9 Å². The Labute approximate surface area is 224 Å². The highest BCUT2D eigenvalue weighted by molar-refractivity contribution is 5.84. The maximum atomic E-state index is 11.4. The lowest BCUT2D eigenvalue weighted by Crippen LogP contribution is -2.42. The number of carbonyl (C=O) groups is 4. The van der Waals surface area contributed by atoms with Gasteiger partial charge in [-0.1, -0.05) is 6.92 Å². The first-order valence-corrected chi connectivity index (χ1v) is 12.6. The number of carbonyl (C=O) groups excluding carboxylic acids is 2. The molecule has 10 N–H and O–H groups in total. The van der Waals surface area contributed by atoms with Crippen molar-refractivity contribution in [2.24, 2.45) is 15.7 Å². The zero-order valence-corrected chi connectivity index (χ0v) is 23.2. The standard InChI is InChI=1S/C12H24N4O3.C11H23N5O3/c1-4-6-10(17)16-9(11(18)19)7-5-8-15-12(13-2)14-3;1-13-11(14-2)15-7-3-4-8(10(18)19)16-9(17)5-6-12/h9H,4-8H2,1-3H3,(H,16,17)(H,18,19)(H2,13,14,15);8H,3-7,12H2,1-2H3,(H,16,17)(H,18,19)(H2,13,14,15)/t9-;8-/m00/s1. The summed E-state index contributed by atoms with van der Waals surface area (Å²) in [6, 6.07) is -1.70. The molecule has 0 aromatic rings. The fraction of sp³-hybridized carbons (Fsp3) is 0.739. The van der Waals surface area contributed by atoms with Gasteiger partial charge in [0, 0.05) is 60.7 Å². The van der Waals surface area contributed by atoms with Crippen molar-refractivity contribution in [2.45, 2.75) is 64.0 Å². The molecule has 2 atom stereocenters. The summed E-state index contributed by atoms with van der Waals surface area (Å²) in [5.74, 6) is -1.30. The molecule has 15 heteroatoms. The summed E-state index contributed by atoms with van der Waals surface area (Å²) >= 11 is 0. The Kier molecular flexibility index (Phi) is 22.8. The quantitative estimate of drug-likeness (QED) is 0.0609. The molecule has 0 bridgehead atoms. The molecule has 0 unspecified atom stereocenters. The second-order valence-electron chi connectivity index (χ2n) is 7.99. The van der Waals surface area contributed by atoms with Crippen molar-refractivity contribution >= 4 is 35.7 Å². The van der Waals surface area contributed by atoms with Crippen LogP contribution in [0.2, 0.25) is 0 Å². The van der Waals surface area contributed by atoms with E-state index in [9.17, 15) is 19.2 Å². The molecule has 38 heavy (non-hydrogen) atoms. The second-order valence-corrected chi connectivity index (χ2v) is 7.99. The molecule has 0 rings (SSSR count). The third-order valence-electron chi connectivity index (χ3n) is 4.96. The number of nitrogens with zero attached hydrogens (tertiary/aromatic N) is 2. The number of aliphatic carboxylic acids is 2. The van der Waals surface area contributed by atoms with Crippen LogP contribution >= 0.6 is 0 Å². The van der Waals surface area contributed by atoms with Crippen molar-refractivity contribution < 1.29 is 29.4 Å². The van der Waals surface area contributed by atoms with Gasteiger partial charge >= 0.3 is 11.9 Å². The second kappa shape index (κ2) is 23.8. The molecule has 0 aromatic heterocycles. The molecule has 0 aliphatic heterocycles. The van der Waals surface area contributed by atoms with Gasteiger partial charge in [0.25, 0.3) is 0 Å². The number of nitrogens with two attached hydrogens (primary N) is 1. The van der Waals surface area contributed by atoms with Gasteiger partial charge in [0.15, 0.2) is 11.9 Å². The van der Waals surface area contributed by atoms with Crippen LogP contribution in [0.1, 0.15) is 51.9 Å². The smallest absolute Gasteiger partial charge is 0.326 e. The summed E-state index contributed by atoms with van der Waals surface area (Å²) in [7, 11) is 6.79. The fourth-order valence-electron chi connectivity index (χ4n) is 2.99. The highest BCUT2D eigenvalue weighted by Crippen LogP contribution is 1.99. The number of amides is 2. The lowest BCUT2D eigenvalue weighted by molar-refractivity contribution is -0.142. The van der Waals surface area contributed by atoms with Crippen LogP contribution in [0.15, 0.2) is 9.98 Å². The van der Waals surface area contributed by atoms with Crippen LogP contribution in [0.25, 0.3) is 0 Å². The van der Waals surface area contributed by atoms with Crippen molar-refractivity contribution in [1.82, 2.24) is 31.9 Å². The van der Waals surface area contributed by atoms with E-state index < -0.39 is 24.0 Å². The molecule has 0 aromatic carbocycles. The molecule has 0 fully saturated rings. The van der Waals surface area contributed by atoms with E-state index in [1.807, 2.05) is 6.92 Å². The Balaban J connectivity index is 0.